The van der Waals surface area contributed by atoms with Crippen LogP contribution < -0.4 is 14.4 Å². The van der Waals surface area contributed by atoms with Crippen LogP contribution in [0.5, 0.6) is 11.5 Å². The number of anilines is 1. The monoisotopic (exact) mass is 499 g/mol. The van der Waals surface area contributed by atoms with Crippen molar-refractivity contribution in [3.8, 4) is 11.5 Å². The van der Waals surface area contributed by atoms with Crippen molar-refractivity contribution in [2.75, 3.05) is 12.0 Å². The summed E-state index contributed by atoms with van der Waals surface area (Å²) in [5.74, 6) is -0.348. The molecule has 0 radical (unpaired) electrons. The van der Waals surface area contributed by atoms with Gasteiger partial charge in [0.15, 0.2) is 5.13 Å². The number of nitrogens with zero attached hydrogens (tertiary/aromatic N) is 3. The maximum atomic E-state index is 13.4. The molecule has 0 unspecified atom stereocenters. The van der Waals surface area contributed by atoms with E-state index in [-0.39, 0.29) is 17.4 Å². The number of hydrogen-bond donors (Lipinski definition) is 1. The topological polar surface area (TPSA) is 102 Å². The average Bonchev–Trinajstić information content (AvgIpc) is 3.55. The lowest BCUT2D eigenvalue weighted by Gasteiger charge is -2.22. The molecule has 8 nitrogen and oxygen atoms in total. The Kier molecular flexibility index (Phi) is 5.22. The van der Waals surface area contributed by atoms with Gasteiger partial charge in [0.2, 0.25) is 0 Å². The first kappa shape index (κ1) is 22.2. The number of amides is 1. The van der Waals surface area contributed by atoms with E-state index in [2.05, 4.69) is 9.97 Å². The zero-order valence-corrected chi connectivity index (χ0v) is 20.3. The standard InChI is InChI=1S/C27H21N3O5S/c1-14-10-17-11-15(5-8-20(17)35-14)24(31)22-23(16-4-3-9-28-13-16)30(26(33)25(22)32)27-29-19-7-6-18(34-2)12-21(19)36-27/h3-9,11-14,23,31H,10H2,1-2H3/b24-22+/t14-,23+/m0/s1. The third kappa shape index (κ3) is 3.51. The number of methoxy groups -OCH3 is 1. The van der Waals surface area contributed by atoms with Crippen molar-refractivity contribution in [1.29, 1.82) is 0 Å². The van der Waals surface area contributed by atoms with Crippen LogP contribution in [-0.2, 0) is 16.0 Å². The van der Waals surface area contributed by atoms with Gasteiger partial charge in [0, 0.05) is 24.4 Å². The number of hydrogen-bond acceptors (Lipinski definition) is 8. The van der Waals surface area contributed by atoms with Crippen LogP contribution >= 0.6 is 11.3 Å². The summed E-state index contributed by atoms with van der Waals surface area (Å²) in [6.45, 7) is 1.97. The number of ketones is 1. The predicted molar refractivity (Wildman–Crippen MR) is 135 cm³/mol. The first-order chi connectivity index (χ1) is 17.4. The number of rotatable bonds is 4. The second kappa shape index (κ2) is 8.46. The minimum absolute atomic E-state index is 0.00301. The van der Waals surface area contributed by atoms with Gasteiger partial charge in [0.05, 0.1) is 28.9 Å². The Bertz CT molecular complexity index is 1560. The smallest absolute Gasteiger partial charge is 0.301 e. The highest BCUT2D eigenvalue weighted by Crippen LogP contribution is 2.45. The van der Waals surface area contributed by atoms with Gasteiger partial charge in [-0.2, -0.15) is 0 Å². The van der Waals surface area contributed by atoms with Crippen LogP contribution in [0.25, 0.3) is 16.0 Å². The van der Waals surface area contributed by atoms with Gasteiger partial charge >= 0.3 is 5.91 Å². The Morgan fingerprint density at radius 1 is 1.19 bits per heavy atom. The number of carbonyl (C=O) groups excluding carboxylic acids is 2. The van der Waals surface area contributed by atoms with Crippen LogP contribution in [0.1, 0.15) is 29.7 Å². The maximum Gasteiger partial charge on any atom is 0.301 e. The van der Waals surface area contributed by atoms with Crippen LogP contribution in [0.15, 0.2) is 66.5 Å². The molecule has 2 aliphatic rings. The molecule has 180 valence electrons. The largest absolute Gasteiger partial charge is 0.507 e. The number of aliphatic hydroxyl groups is 1. The summed E-state index contributed by atoms with van der Waals surface area (Å²) in [5, 5.41) is 11.7. The van der Waals surface area contributed by atoms with Crippen molar-refractivity contribution in [3.05, 3.63) is 83.2 Å². The minimum Gasteiger partial charge on any atom is -0.507 e. The molecule has 0 spiro atoms. The van der Waals surface area contributed by atoms with E-state index >= 15 is 0 Å². The zero-order chi connectivity index (χ0) is 25.0. The Hall–Kier alpha value is -4.24. The fourth-order valence-corrected chi connectivity index (χ4v) is 5.75. The molecular weight excluding hydrogens is 478 g/mol. The Balaban J connectivity index is 1.52. The summed E-state index contributed by atoms with van der Waals surface area (Å²) in [6.07, 6.45) is 3.94. The fourth-order valence-electron chi connectivity index (χ4n) is 4.73. The van der Waals surface area contributed by atoms with E-state index in [0.29, 0.717) is 33.9 Å². The number of pyridine rings is 1. The lowest BCUT2D eigenvalue weighted by atomic mass is 9.95. The molecule has 1 fully saturated rings. The molecule has 2 aliphatic heterocycles. The first-order valence-electron chi connectivity index (χ1n) is 11.4. The van der Waals surface area contributed by atoms with Crippen LogP contribution in [0.3, 0.4) is 0 Å². The molecular formula is C27H21N3O5S. The highest BCUT2D eigenvalue weighted by atomic mass is 32.1. The van der Waals surface area contributed by atoms with Crippen molar-refractivity contribution >= 4 is 44.1 Å². The highest BCUT2D eigenvalue weighted by molar-refractivity contribution is 7.22. The number of thiazole rings is 1. The van der Waals surface area contributed by atoms with Crippen LogP contribution in [0, 0.1) is 0 Å². The molecule has 2 aromatic carbocycles. The van der Waals surface area contributed by atoms with Crippen LogP contribution in [0.2, 0.25) is 0 Å². The number of benzene rings is 2. The lowest BCUT2D eigenvalue weighted by Crippen LogP contribution is -2.29. The molecule has 2 aromatic heterocycles. The molecule has 9 heteroatoms. The van der Waals surface area contributed by atoms with Gasteiger partial charge in [-0.3, -0.25) is 19.5 Å². The molecule has 1 saturated heterocycles. The molecule has 36 heavy (non-hydrogen) atoms. The normalized spacial score (nSPS) is 20.6. The van der Waals surface area contributed by atoms with Gasteiger partial charge in [-0.25, -0.2) is 4.98 Å². The molecule has 1 N–H and O–H groups in total. The summed E-state index contributed by atoms with van der Waals surface area (Å²) < 4.78 is 11.9. The van der Waals surface area contributed by atoms with Crippen molar-refractivity contribution in [3.63, 3.8) is 0 Å². The van der Waals surface area contributed by atoms with Crippen LogP contribution in [0.4, 0.5) is 5.13 Å². The zero-order valence-electron chi connectivity index (χ0n) is 19.5. The van der Waals surface area contributed by atoms with E-state index in [9.17, 15) is 14.7 Å². The van der Waals surface area contributed by atoms with E-state index in [4.69, 9.17) is 9.47 Å². The van der Waals surface area contributed by atoms with Gasteiger partial charge in [-0.1, -0.05) is 17.4 Å². The van der Waals surface area contributed by atoms with E-state index < -0.39 is 17.7 Å². The van der Waals surface area contributed by atoms with Crippen LogP contribution in [-0.4, -0.2) is 40.0 Å². The third-order valence-corrected chi connectivity index (χ3v) is 7.42. The Morgan fingerprint density at radius 2 is 2.06 bits per heavy atom. The van der Waals surface area contributed by atoms with E-state index in [1.807, 2.05) is 19.1 Å². The van der Waals surface area contributed by atoms with Gasteiger partial charge in [-0.15, -0.1) is 0 Å². The molecule has 0 saturated carbocycles. The van der Waals surface area contributed by atoms with Gasteiger partial charge in [-0.05, 0) is 60.5 Å². The number of aliphatic hydroxyl groups excluding tert-OH is 1. The fraction of sp³-hybridized carbons (Fsp3) is 0.185. The maximum absolute atomic E-state index is 13.4. The van der Waals surface area contributed by atoms with E-state index in [1.54, 1.807) is 55.9 Å². The molecule has 2 atom stereocenters. The summed E-state index contributed by atoms with van der Waals surface area (Å²) in [6, 6.07) is 13.3. The lowest BCUT2D eigenvalue weighted by molar-refractivity contribution is -0.132. The number of ether oxygens (including phenoxy) is 2. The Morgan fingerprint density at radius 3 is 2.83 bits per heavy atom. The van der Waals surface area contributed by atoms with Gasteiger partial charge < -0.3 is 14.6 Å². The molecule has 0 aliphatic carbocycles. The highest BCUT2D eigenvalue weighted by Gasteiger charge is 2.48. The number of carbonyl (C=O) groups is 2. The van der Waals surface area contributed by atoms with Crippen molar-refractivity contribution in [1.82, 2.24) is 9.97 Å². The quantitative estimate of drug-likeness (QED) is 0.248. The minimum atomic E-state index is -0.885. The van der Waals surface area contributed by atoms with Crippen molar-refractivity contribution in [2.24, 2.45) is 0 Å². The van der Waals surface area contributed by atoms with Gasteiger partial charge in [0.1, 0.15) is 23.4 Å². The van der Waals surface area contributed by atoms with Gasteiger partial charge in [0.25, 0.3) is 5.78 Å². The first-order valence-corrected chi connectivity index (χ1v) is 12.2. The summed E-state index contributed by atoms with van der Waals surface area (Å²) in [4.78, 5) is 37.0. The molecule has 4 heterocycles. The summed E-state index contributed by atoms with van der Waals surface area (Å²) in [7, 11) is 1.58. The second-order valence-electron chi connectivity index (χ2n) is 8.74. The molecule has 6 rings (SSSR count). The van der Waals surface area contributed by atoms with Crippen molar-refractivity contribution < 1.29 is 24.2 Å². The number of fused-ring (bicyclic) bond motifs is 2. The van der Waals surface area contributed by atoms with E-state index in [0.717, 1.165) is 16.0 Å². The van der Waals surface area contributed by atoms with E-state index in [1.165, 1.54) is 16.2 Å². The Labute approximate surface area is 210 Å². The third-order valence-electron chi connectivity index (χ3n) is 6.40. The molecule has 1 amide bonds. The SMILES string of the molecule is COc1ccc2nc(N3C(=O)C(=O)/C(=C(/O)c4ccc5c(c4)C[C@H](C)O5)[C@H]3c3cccnc3)sc2c1. The predicted octanol–water partition coefficient (Wildman–Crippen LogP) is 4.65. The summed E-state index contributed by atoms with van der Waals surface area (Å²) >= 11 is 1.27. The number of Topliss-reactive ketones (excluding diaryl/α,β-unsaturated/α-hetero) is 1. The summed E-state index contributed by atoms with van der Waals surface area (Å²) in [5.41, 5.74) is 2.66. The average molecular weight is 500 g/mol. The second-order valence-corrected chi connectivity index (χ2v) is 9.75. The molecule has 4 aromatic rings. The molecule has 0 bridgehead atoms. The number of aromatic nitrogens is 2. The van der Waals surface area contributed by atoms with Crippen molar-refractivity contribution in [2.45, 2.75) is 25.5 Å².